The molecule has 1 fully saturated rings. The van der Waals surface area contributed by atoms with Gasteiger partial charge in [-0.1, -0.05) is 30.3 Å². The summed E-state index contributed by atoms with van der Waals surface area (Å²) < 4.78 is 5.02. The first-order valence-electron chi connectivity index (χ1n) is 9.98. The summed E-state index contributed by atoms with van der Waals surface area (Å²) in [7, 11) is 0. The molecular weight excluding hydrogens is 370 g/mol. The topological polar surface area (TPSA) is 87.7 Å². The van der Waals surface area contributed by atoms with Gasteiger partial charge in [-0.15, -0.1) is 0 Å². The standard InChI is InChI=1S/C21H27N5O3/c1-2-29-21(28)26-13-11-25(12-14-26)20-23-15-18(16-24-20)19(27)22-10-6-9-17-7-4-3-5-8-17/h3-5,7-8,15-16H,2,6,9-14H2,1H3,(H,22,27). The maximum Gasteiger partial charge on any atom is 0.409 e. The minimum Gasteiger partial charge on any atom is -0.450 e. The van der Waals surface area contributed by atoms with Crippen LogP contribution >= 0.6 is 0 Å². The Morgan fingerprint density at radius 2 is 1.76 bits per heavy atom. The first-order chi connectivity index (χ1) is 14.2. The van der Waals surface area contributed by atoms with Crippen LogP contribution in [0.3, 0.4) is 0 Å². The van der Waals surface area contributed by atoms with Crippen molar-refractivity contribution in [1.82, 2.24) is 20.2 Å². The highest BCUT2D eigenvalue weighted by atomic mass is 16.6. The lowest BCUT2D eigenvalue weighted by Crippen LogP contribution is -2.49. The first kappa shape index (κ1) is 20.6. The minimum absolute atomic E-state index is 0.170. The predicted molar refractivity (Wildman–Crippen MR) is 110 cm³/mol. The third kappa shape index (κ3) is 5.91. The summed E-state index contributed by atoms with van der Waals surface area (Å²) in [6.45, 7) is 5.15. The van der Waals surface area contributed by atoms with E-state index in [9.17, 15) is 9.59 Å². The number of ether oxygens (including phenoxy) is 1. The van der Waals surface area contributed by atoms with Crippen molar-refractivity contribution in [2.24, 2.45) is 0 Å². The van der Waals surface area contributed by atoms with E-state index in [2.05, 4.69) is 27.4 Å². The van der Waals surface area contributed by atoms with Crippen LogP contribution in [0.5, 0.6) is 0 Å². The zero-order chi connectivity index (χ0) is 20.5. The van der Waals surface area contributed by atoms with Crippen molar-refractivity contribution in [3.8, 4) is 0 Å². The highest BCUT2D eigenvalue weighted by molar-refractivity contribution is 5.93. The Labute approximate surface area is 170 Å². The van der Waals surface area contributed by atoms with Gasteiger partial charge in [0, 0.05) is 45.1 Å². The molecule has 3 rings (SSSR count). The third-order valence-electron chi connectivity index (χ3n) is 4.76. The van der Waals surface area contributed by atoms with E-state index < -0.39 is 0 Å². The van der Waals surface area contributed by atoms with Gasteiger partial charge in [0.1, 0.15) is 0 Å². The fourth-order valence-electron chi connectivity index (χ4n) is 3.15. The van der Waals surface area contributed by atoms with Crippen molar-refractivity contribution in [3.63, 3.8) is 0 Å². The van der Waals surface area contributed by atoms with Gasteiger partial charge in [0.25, 0.3) is 5.91 Å². The average molecular weight is 397 g/mol. The molecule has 0 spiro atoms. The van der Waals surface area contributed by atoms with Gasteiger partial charge in [0.15, 0.2) is 0 Å². The van der Waals surface area contributed by atoms with Crippen molar-refractivity contribution in [3.05, 3.63) is 53.9 Å². The highest BCUT2D eigenvalue weighted by Crippen LogP contribution is 2.12. The van der Waals surface area contributed by atoms with E-state index in [-0.39, 0.29) is 12.0 Å². The number of hydrogen-bond acceptors (Lipinski definition) is 6. The van der Waals surface area contributed by atoms with Crippen LogP contribution in [-0.4, -0.2) is 66.2 Å². The molecule has 29 heavy (non-hydrogen) atoms. The van der Waals surface area contributed by atoms with Gasteiger partial charge in [-0.2, -0.15) is 0 Å². The minimum atomic E-state index is -0.285. The number of benzene rings is 1. The Morgan fingerprint density at radius 1 is 1.07 bits per heavy atom. The summed E-state index contributed by atoms with van der Waals surface area (Å²) in [6, 6.07) is 10.2. The number of nitrogens with zero attached hydrogens (tertiary/aromatic N) is 4. The van der Waals surface area contributed by atoms with E-state index in [4.69, 9.17) is 4.74 Å². The van der Waals surface area contributed by atoms with Gasteiger partial charge in [-0.3, -0.25) is 4.79 Å². The molecule has 0 unspecified atom stereocenters. The fourth-order valence-corrected chi connectivity index (χ4v) is 3.15. The Morgan fingerprint density at radius 3 is 2.41 bits per heavy atom. The molecule has 0 radical (unpaired) electrons. The Balaban J connectivity index is 1.42. The first-order valence-corrected chi connectivity index (χ1v) is 9.98. The van der Waals surface area contributed by atoms with Gasteiger partial charge < -0.3 is 19.9 Å². The summed E-state index contributed by atoms with van der Waals surface area (Å²) in [6.07, 6.45) is 4.61. The molecule has 154 valence electrons. The second-order valence-electron chi connectivity index (χ2n) is 6.79. The van der Waals surface area contributed by atoms with Crippen LogP contribution in [0, 0.1) is 0 Å². The lowest BCUT2D eigenvalue weighted by atomic mass is 10.1. The van der Waals surface area contributed by atoms with Crippen LogP contribution in [0.2, 0.25) is 0 Å². The lowest BCUT2D eigenvalue weighted by molar-refractivity contribution is 0.0951. The largest absolute Gasteiger partial charge is 0.450 e. The van der Waals surface area contributed by atoms with Crippen LogP contribution in [0.15, 0.2) is 42.7 Å². The molecule has 2 heterocycles. The van der Waals surface area contributed by atoms with E-state index in [1.165, 1.54) is 5.56 Å². The van der Waals surface area contributed by atoms with Crippen molar-refractivity contribution >= 4 is 17.9 Å². The SMILES string of the molecule is CCOC(=O)N1CCN(c2ncc(C(=O)NCCCc3ccccc3)cn2)CC1. The lowest BCUT2D eigenvalue weighted by Gasteiger charge is -2.33. The molecule has 2 amide bonds. The number of rotatable bonds is 7. The number of carbonyl (C=O) groups excluding carboxylic acids is 2. The fraction of sp³-hybridized carbons (Fsp3) is 0.429. The molecule has 2 aromatic rings. The zero-order valence-electron chi connectivity index (χ0n) is 16.7. The maximum atomic E-state index is 12.3. The van der Waals surface area contributed by atoms with Crippen LogP contribution in [0.1, 0.15) is 29.3 Å². The number of piperazine rings is 1. The highest BCUT2D eigenvalue weighted by Gasteiger charge is 2.23. The molecule has 8 heteroatoms. The zero-order valence-corrected chi connectivity index (χ0v) is 16.7. The quantitative estimate of drug-likeness (QED) is 0.720. The van der Waals surface area contributed by atoms with E-state index in [1.807, 2.05) is 23.1 Å². The second kappa shape index (κ2) is 10.4. The molecule has 1 aliphatic rings. The van der Waals surface area contributed by atoms with Crippen molar-refractivity contribution in [1.29, 1.82) is 0 Å². The summed E-state index contributed by atoms with van der Waals surface area (Å²) in [5, 5.41) is 2.91. The number of carbonyl (C=O) groups is 2. The molecule has 8 nitrogen and oxygen atoms in total. The van der Waals surface area contributed by atoms with Crippen molar-refractivity contribution in [2.45, 2.75) is 19.8 Å². The van der Waals surface area contributed by atoms with Crippen molar-refractivity contribution < 1.29 is 14.3 Å². The molecule has 1 aromatic heterocycles. The molecule has 0 bridgehead atoms. The van der Waals surface area contributed by atoms with Gasteiger partial charge in [0.05, 0.1) is 12.2 Å². The van der Waals surface area contributed by atoms with E-state index in [0.717, 1.165) is 12.8 Å². The van der Waals surface area contributed by atoms with Crippen LogP contribution in [0.4, 0.5) is 10.7 Å². The van der Waals surface area contributed by atoms with Crippen LogP contribution < -0.4 is 10.2 Å². The second-order valence-corrected chi connectivity index (χ2v) is 6.79. The molecule has 1 aromatic carbocycles. The smallest absolute Gasteiger partial charge is 0.409 e. The van der Waals surface area contributed by atoms with Gasteiger partial charge >= 0.3 is 6.09 Å². The summed E-state index contributed by atoms with van der Waals surface area (Å²) in [5.74, 6) is 0.394. The number of nitrogens with one attached hydrogen (secondary N) is 1. The van der Waals surface area contributed by atoms with Gasteiger partial charge in [-0.25, -0.2) is 14.8 Å². The third-order valence-corrected chi connectivity index (χ3v) is 4.76. The normalized spacial score (nSPS) is 13.8. The summed E-state index contributed by atoms with van der Waals surface area (Å²) in [5.41, 5.74) is 1.70. The number of amides is 2. The van der Waals surface area contributed by atoms with E-state index in [0.29, 0.717) is 50.8 Å². The van der Waals surface area contributed by atoms with Gasteiger partial charge in [-0.05, 0) is 25.3 Å². The molecule has 1 aliphatic heterocycles. The molecule has 0 atom stereocenters. The van der Waals surface area contributed by atoms with Crippen LogP contribution in [0.25, 0.3) is 0 Å². The maximum absolute atomic E-state index is 12.3. The number of anilines is 1. The number of hydrogen-bond donors (Lipinski definition) is 1. The predicted octanol–water partition coefficient (Wildman–Crippen LogP) is 2.12. The van der Waals surface area contributed by atoms with E-state index in [1.54, 1.807) is 24.2 Å². The molecular formula is C21H27N5O3. The van der Waals surface area contributed by atoms with Gasteiger partial charge in [0.2, 0.25) is 5.95 Å². The molecule has 1 saturated heterocycles. The van der Waals surface area contributed by atoms with Crippen molar-refractivity contribution in [2.75, 3.05) is 44.2 Å². The average Bonchev–Trinajstić information content (AvgIpc) is 2.78. The Hall–Kier alpha value is -3.16. The summed E-state index contributed by atoms with van der Waals surface area (Å²) >= 11 is 0. The number of aromatic nitrogens is 2. The Bertz CT molecular complexity index is 790. The summed E-state index contributed by atoms with van der Waals surface area (Å²) in [4.78, 5) is 36.3. The molecule has 0 saturated carbocycles. The molecule has 0 aliphatic carbocycles. The number of aryl methyl sites for hydroxylation is 1. The Kier molecular flexibility index (Phi) is 7.38. The van der Waals surface area contributed by atoms with E-state index >= 15 is 0 Å². The van der Waals surface area contributed by atoms with Crippen LogP contribution in [-0.2, 0) is 11.2 Å². The molecule has 1 N–H and O–H groups in total. The monoisotopic (exact) mass is 397 g/mol.